The van der Waals surface area contributed by atoms with Crippen LogP contribution in [-0.4, -0.2) is 18.0 Å². The second-order valence-electron chi connectivity index (χ2n) is 6.42. The SMILES string of the molecule is COc1ccc(/C=C\C(=O)Nc2ccc3oc(-c4cc(Br)ccc4Cl)nc3c2)cc1. The lowest BCUT2D eigenvalue weighted by Gasteiger charge is -2.02. The van der Waals surface area contributed by atoms with Crippen LogP contribution in [-0.2, 0) is 4.79 Å². The van der Waals surface area contributed by atoms with Crippen LogP contribution in [0, 0.1) is 0 Å². The maximum atomic E-state index is 12.3. The Bertz CT molecular complexity index is 1250. The van der Waals surface area contributed by atoms with Gasteiger partial charge in [-0.05, 0) is 60.2 Å². The highest BCUT2D eigenvalue weighted by Gasteiger charge is 2.13. The molecule has 1 amide bonds. The number of oxazole rings is 1. The van der Waals surface area contributed by atoms with Gasteiger partial charge in [-0.15, -0.1) is 0 Å². The molecule has 30 heavy (non-hydrogen) atoms. The minimum Gasteiger partial charge on any atom is -0.497 e. The molecule has 0 saturated heterocycles. The molecule has 150 valence electrons. The number of aromatic nitrogens is 1. The van der Waals surface area contributed by atoms with Crippen LogP contribution in [0.3, 0.4) is 0 Å². The quantitative estimate of drug-likeness (QED) is 0.326. The number of fused-ring (bicyclic) bond motifs is 1. The molecule has 0 atom stereocenters. The number of anilines is 1. The highest BCUT2D eigenvalue weighted by Crippen LogP contribution is 2.32. The molecule has 3 aromatic carbocycles. The molecule has 1 aromatic heterocycles. The maximum Gasteiger partial charge on any atom is 0.248 e. The second kappa shape index (κ2) is 8.73. The standard InChI is InChI=1S/C23H16BrClN2O3/c1-29-17-7-2-14(3-8-17)4-11-22(28)26-16-6-10-21-20(13-16)27-23(30-21)18-12-15(24)5-9-19(18)25/h2-13H,1H3,(H,26,28)/b11-4-. The van der Waals surface area contributed by atoms with Crippen molar-refractivity contribution in [2.24, 2.45) is 0 Å². The van der Waals surface area contributed by atoms with E-state index in [0.29, 0.717) is 33.3 Å². The molecule has 7 heteroatoms. The third-order valence-electron chi connectivity index (χ3n) is 4.36. The van der Waals surface area contributed by atoms with Crippen LogP contribution in [0.15, 0.2) is 75.6 Å². The fourth-order valence-corrected chi connectivity index (χ4v) is 3.41. The van der Waals surface area contributed by atoms with Crippen molar-refractivity contribution in [3.8, 4) is 17.2 Å². The molecule has 1 heterocycles. The first-order valence-electron chi connectivity index (χ1n) is 9.01. The Balaban J connectivity index is 1.51. The summed E-state index contributed by atoms with van der Waals surface area (Å²) in [5.41, 5.74) is 3.43. The number of halogens is 2. The van der Waals surface area contributed by atoms with Gasteiger partial charge in [-0.1, -0.05) is 39.7 Å². The largest absolute Gasteiger partial charge is 0.497 e. The van der Waals surface area contributed by atoms with Crippen LogP contribution in [0.2, 0.25) is 5.02 Å². The van der Waals surface area contributed by atoms with E-state index in [1.165, 1.54) is 6.08 Å². The molecular formula is C23H16BrClN2O3. The summed E-state index contributed by atoms with van der Waals surface area (Å²) in [6, 6.07) is 18.2. The molecule has 5 nitrogen and oxygen atoms in total. The van der Waals surface area contributed by atoms with Gasteiger partial charge in [0.05, 0.1) is 17.7 Å². The van der Waals surface area contributed by atoms with Crippen LogP contribution >= 0.6 is 27.5 Å². The molecule has 0 aliphatic rings. The number of benzene rings is 3. The Morgan fingerprint density at radius 1 is 1.13 bits per heavy atom. The minimum atomic E-state index is -0.246. The first kappa shape index (κ1) is 20.2. The monoisotopic (exact) mass is 482 g/mol. The van der Waals surface area contributed by atoms with E-state index >= 15 is 0 Å². The number of methoxy groups -OCH3 is 1. The maximum absolute atomic E-state index is 12.3. The van der Waals surface area contributed by atoms with Gasteiger partial charge < -0.3 is 14.5 Å². The molecule has 0 radical (unpaired) electrons. The summed E-state index contributed by atoms with van der Waals surface area (Å²) in [4.78, 5) is 16.8. The van der Waals surface area contributed by atoms with Gasteiger partial charge in [-0.25, -0.2) is 4.98 Å². The summed E-state index contributed by atoms with van der Waals surface area (Å²) in [5.74, 6) is 0.934. The number of rotatable bonds is 5. The fourth-order valence-electron chi connectivity index (χ4n) is 2.85. The summed E-state index contributed by atoms with van der Waals surface area (Å²) in [7, 11) is 1.61. The van der Waals surface area contributed by atoms with E-state index in [9.17, 15) is 4.79 Å². The molecule has 0 saturated carbocycles. The molecule has 0 fully saturated rings. The number of nitrogens with zero attached hydrogens (tertiary/aromatic N) is 1. The summed E-state index contributed by atoms with van der Waals surface area (Å²) >= 11 is 9.69. The van der Waals surface area contributed by atoms with E-state index in [0.717, 1.165) is 15.8 Å². The van der Waals surface area contributed by atoms with Crippen molar-refractivity contribution in [2.75, 3.05) is 12.4 Å². The van der Waals surface area contributed by atoms with Crippen molar-refractivity contribution in [3.63, 3.8) is 0 Å². The first-order chi connectivity index (χ1) is 14.5. The summed E-state index contributed by atoms with van der Waals surface area (Å²) in [6.07, 6.45) is 3.21. The molecular weight excluding hydrogens is 468 g/mol. The lowest BCUT2D eigenvalue weighted by atomic mass is 10.2. The highest BCUT2D eigenvalue weighted by atomic mass is 79.9. The Labute approximate surface area is 186 Å². The normalized spacial score (nSPS) is 11.2. The van der Waals surface area contributed by atoms with Gasteiger partial charge in [0, 0.05) is 16.2 Å². The Morgan fingerprint density at radius 3 is 2.70 bits per heavy atom. The van der Waals surface area contributed by atoms with Crippen molar-refractivity contribution in [2.45, 2.75) is 0 Å². The number of hydrogen-bond acceptors (Lipinski definition) is 4. The van der Waals surface area contributed by atoms with E-state index in [1.54, 1.807) is 37.5 Å². The van der Waals surface area contributed by atoms with E-state index in [2.05, 4.69) is 26.2 Å². The predicted molar refractivity (Wildman–Crippen MR) is 123 cm³/mol. The molecule has 0 aliphatic carbocycles. The van der Waals surface area contributed by atoms with E-state index < -0.39 is 0 Å². The summed E-state index contributed by atoms with van der Waals surface area (Å²) in [5, 5.41) is 3.37. The molecule has 0 aliphatic heterocycles. The van der Waals surface area contributed by atoms with Crippen LogP contribution < -0.4 is 10.1 Å². The van der Waals surface area contributed by atoms with Crippen molar-refractivity contribution in [3.05, 3.63) is 81.8 Å². The second-order valence-corrected chi connectivity index (χ2v) is 7.74. The molecule has 0 spiro atoms. The zero-order valence-electron chi connectivity index (χ0n) is 15.9. The average Bonchev–Trinajstić information content (AvgIpc) is 3.17. The van der Waals surface area contributed by atoms with Crippen molar-refractivity contribution in [1.29, 1.82) is 0 Å². The minimum absolute atomic E-state index is 0.246. The van der Waals surface area contributed by atoms with Gasteiger partial charge in [-0.2, -0.15) is 0 Å². The van der Waals surface area contributed by atoms with Crippen molar-refractivity contribution < 1.29 is 13.9 Å². The Kier molecular flexibility index (Phi) is 5.88. The van der Waals surface area contributed by atoms with Crippen molar-refractivity contribution >= 4 is 56.3 Å². The van der Waals surface area contributed by atoms with Gasteiger partial charge in [-0.3, -0.25) is 4.79 Å². The van der Waals surface area contributed by atoms with E-state index in [-0.39, 0.29) is 5.91 Å². The number of ether oxygens (including phenoxy) is 1. The summed E-state index contributed by atoms with van der Waals surface area (Å²) < 4.78 is 11.8. The summed E-state index contributed by atoms with van der Waals surface area (Å²) in [6.45, 7) is 0. The third kappa shape index (κ3) is 4.56. The van der Waals surface area contributed by atoms with E-state index in [4.69, 9.17) is 20.8 Å². The Hall–Kier alpha value is -3.09. The average molecular weight is 484 g/mol. The highest BCUT2D eigenvalue weighted by molar-refractivity contribution is 9.10. The number of amides is 1. The molecule has 1 N–H and O–H groups in total. The number of carbonyl (C=O) groups is 1. The van der Waals surface area contributed by atoms with Gasteiger partial charge in [0.15, 0.2) is 5.58 Å². The number of hydrogen-bond donors (Lipinski definition) is 1. The topological polar surface area (TPSA) is 64.4 Å². The lowest BCUT2D eigenvalue weighted by molar-refractivity contribution is -0.111. The predicted octanol–water partition coefficient (Wildman–Crippen LogP) is 6.57. The van der Waals surface area contributed by atoms with Crippen LogP contribution in [0.5, 0.6) is 5.75 Å². The van der Waals surface area contributed by atoms with Crippen LogP contribution in [0.4, 0.5) is 5.69 Å². The number of carbonyl (C=O) groups excluding carboxylic acids is 1. The zero-order chi connectivity index (χ0) is 21.1. The van der Waals surface area contributed by atoms with Gasteiger partial charge in [0.2, 0.25) is 11.8 Å². The smallest absolute Gasteiger partial charge is 0.248 e. The zero-order valence-corrected chi connectivity index (χ0v) is 18.2. The first-order valence-corrected chi connectivity index (χ1v) is 10.2. The van der Waals surface area contributed by atoms with Gasteiger partial charge >= 0.3 is 0 Å². The van der Waals surface area contributed by atoms with Gasteiger partial charge in [0.25, 0.3) is 0 Å². The molecule has 0 bridgehead atoms. The molecule has 4 aromatic rings. The van der Waals surface area contributed by atoms with Crippen LogP contribution in [0.25, 0.3) is 28.6 Å². The van der Waals surface area contributed by atoms with Crippen molar-refractivity contribution in [1.82, 2.24) is 4.98 Å². The molecule has 0 unspecified atom stereocenters. The van der Waals surface area contributed by atoms with E-state index in [1.807, 2.05) is 36.4 Å². The lowest BCUT2D eigenvalue weighted by Crippen LogP contribution is -2.07. The fraction of sp³-hybridized carbons (Fsp3) is 0.0435. The van der Waals surface area contributed by atoms with Gasteiger partial charge in [0.1, 0.15) is 11.3 Å². The molecule has 4 rings (SSSR count). The third-order valence-corrected chi connectivity index (χ3v) is 5.18. The number of nitrogens with one attached hydrogen (secondary N) is 1. The Morgan fingerprint density at radius 2 is 1.93 bits per heavy atom. The van der Waals surface area contributed by atoms with Crippen LogP contribution in [0.1, 0.15) is 5.56 Å².